The van der Waals surface area contributed by atoms with Crippen LogP contribution in [0.1, 0.15) is 41.0 Å². The second-order valence-corrected chi connectivity index (χ2v) is 3.94. The molecule has 0 spiro atoms. The summed E-state index contributed by atoms with van der Waals surface area (Å²) in [6.45, 7) is 11.2. The van der Waals surface area contributed by atoms with Gasteiger partial charge in [-0.25, -0.2) is 0 Å². The van der Waals surface area contributed by atoms with Crippen LogP contribution in [0.3, 0.4) is 0 Å². The normalized spacial score (nSPS) is 12.8. The average molecular weight is 113 g/mol. The third-order valence-electron chi connectivity index (χ3n) is 0.884. The molecule has 0 heteroatoms. The van der Waals surface area contributed by atoms with E-state index in [1.54, 1.807) is 0 Å². The molecule has 0 nitrogen and oxygen atoms in total. The summed E-state index contributed by atoms with van der Waals surface area (Å²) in [5.74, 6) is 1.53. The van der Waals surface area contributed by atoms with Crippen LogP contribution >= 0.6 is 0 Å². The molecule has 0 aliphatic heterocycles. The molecule has 0 aliphatic carbocycles. The van der Waals surface area contributed by atoms with E-state index in [-0.39, 0.29) is 0 Å². The van der Waals surface area contributed by atoms with Crippen molar-refractivity contribution in [2.45, 2.75) is 41.0 Å². The van der Waals surface area contributed by atoms with Crippen molar-refractivity contribution in [3.05, 3.63) is 5.92 Å². The van der Waals surface area contributed by atoms with Crippen LogP contribution in [0.2, 0.25) is 0 Å². The third-order valence-corrected chi connectivity index (χ3v) is 0.884. The number of rotatable bonds is 1. The molecule has 0 atom stereocenters. The summed E-state index contributed by atoms with van der Waals surface area (Å²) < 4.78 is 0. The Morgan fingerprint density at radius 2 is 1.50 bits per heavy atom. The standard InChI is InChI=1S/C8H17/c1-7(2)6-8(3,4)5/h6H2,1-5H3. The number of hydrogen-bond acceptors (Lipinski definition) is 0. The lowest BCUT2D eigenvalue weighted by molar-refractivity contribution is 0.389. The largest absolute Gasteiger partial charge is 0.0602 e. The topological polar surface area (TPSA) is 0 Å². The molecule has 1 radical (unpaired) electrons. The summed E-state index contributed by atoms with van der Waals surface area (Å²) in [7, 11) is 0. The molecule has 0 saturated heterocycles. The zero-order valence-electron chi connectivity index (χ0n) is 6.71. The van der Waals surface area contributed by atoms with Crippen molar-refractivity contribution in [2.75, 3.05) is 0 Å². The molecule has 0 bridgehead atoms. The monoisotopic (exact) mass is 113 g/mol. The molecule has 0 amide bonds. The Hall–Kier alpha value is 0. The van der Waals surface area contributed by atoms with Crippen LogP contribution in [-0.2, 0) is 0 Å². The van der Waals surface area contributed by atoms with E-state index >= 15 is 0 Å². The van der Waals surface area contributed by atoms with Gasteiger partial charge in [0.25, 0.3) is 0 Å². The molecule has 0 aliphatic rings. The van der Waals surface area contributed by atoms with Gasteiger partial charge in [0.05, 0.1) is 0 Å². The average Bonchev–Trinajstić information content (AvgIpc) is 1.21. The van der Waals surface area contributed by atoms with Gasteiger partial charge >= 0.3 is 0 Å². The summed E-state index contributed by atoms with van der Waals surface area (Å²) >= 11 is 0. The summed E-state index contributed by atoms with van der Waals surface area (Å²) in [5, 5.41) is 0. The molecule has 49 valence electrons. The maximum Gasteiger partial charge on any atom is -0.0298 e. The third kappa shape index (κ3) is 6.00. The molecule has 0 N–H and O–H groups in total. The van der Waals surface area contributed by atoms with E-state index in [1.807, 2.05) is 0 Å². The van der Waals surface area contributed by atoms with Crippen LogP contribution in [0.15, 0.2) is 0 Å². The summed E-state index contributed by atoms with van der Waals surface area (Å²) in [6, 6.07) is 0. The zero-order valence-corrected chi connectivity index (χ0v) is 6.71. The number of hydrogen-bond donors (Lipinski definition) is 0. The van der Waals surface area contributed by atoms with Gasteiger partial charge in [-0.15, -0.1) is 0 Å². The lowest BCUT2D eigenvalue weighted by Gasteiger charge is -2.19. The Balaban J connectivity index is 3.39. The van der Waals surface area contributed by atoms with Crippen molar-refractivity contribution in [1.82, 2.24) is 0 Å². The van der Waals surface area contributed by atoms with Crippen LogP contribution in [-0.4, -0.2) is 0 Å². The summed E-state index contributed by atoms with van der Waals surface area (Å²) in [4.78, 5) is 0. The van der Waals surface area contributed by atoms with Gasteiger partial charge in [0.15, 0.2) is 0 Å². The van der Waals surface area contributed by atoms with Gasteiger partial charge in [0.2, 0.25) is 0 Å². The first-order chi connectivity index (χ1) is 3.42. The minimum absolute atomic E-state index is 0.485. The Bertz CT molecular complexity index is 54.9. The van der Waals surface area contributed by atoms with Gasteiger partial charge in [-0.3, -0.25) is 0 Å². The SMILES string of the molecule is C[C](C)CC(C)(C)C. The quantitative estimate of drug-likeness (QED) is 0.490. The highest BCUT2D eigenvalue weighted by molar-refractivity contribution is 4.82. The molecular weight excluding hydrogens is 96.1 g/mol. The van der Waals surface area contributed by atoms with Crippen molar-refractivity contribution in [1.29, 1.82) is 0 Å². The van der Waals surface area contributed by atoms with Crippen molar-refractivity contribution < 1.29 is 0 Å². The Kier molecular flexibility index (Phi) is 2.52. The molecule has 0 rings (SSSR count). The predicted molar refractivity (Wildman–Crippen MR) is 38.7 cm³/mol. The van der Waals surface area contributed by atoms with Crippen LogP contribution in [0.25, 0.3) is 0 Å². The van der Waals surface area contributed by atoms with Gasteiger partial charge in [-0.2, -0.15) is 0 Å². The van der Waals surface area contributed by atoms with E-state index < -0.39 is 0 Å². The molecule has 0 fully saturated rings. The maximum absolute atomic E-state index is 2.26. The molecule has 0 unspecified atom stereocenters. The Labute approximate surface area is 53.3 Å². The van der Waals surface area contributed by atoms with Gasteiger partial charge in [0.1, 0.15) is 0 Å². The Morgan fingerprint density at radius 3 is 1.50 bits per heavy atom. The molecule has 8 heavy (non-hydrogen) atoms. The van der Waals surface area contributed by atoms with Crippen molar-refractivity contribution in [2.24, 2.45) is 5.41 Å². The minimum atomic E-state index is 0.485. The smallest absolute Gasteiger partial charge is 0.0298 e. The van der Waals surface area contributed by atoms with Gasteiger partial charge in [-0.1, -0.05) is 34.6 Å². The van der Waals surface area contributed by atoms with Crippen LogP contribution in [0.4, 0.5) is 0 Å². The first-order valence-corrected chi connectivity index (χ1v) is 3.21. The van der Waals surface area contributed by atoms with Crippen LogP contribution in [0, 0.1) is 11.3 Å². The molecule has 0 aromatic carbocycles. The predicted octanol–water partition coefficient (Wildman–Crippen LogP) is 3.04. The van der Waals surface area contributed by atoms with E-state index in [0.717, 1.165) is 0 Å². The van der Waals surface area contributed by atoms with Crippen molar-refractivity contribution in [3.8, 4) is 0 Å². The Morgan fingerprint density at radius 1 is 1.12 bits per heavy atom. The first-order valence-electron chi connectivity index (χ1n) is 3.21. The molecule has 0 heterocycles. The fraction of sp³-hybridized carbons (Fsp3) is 0.875. The van der Waals surface area contributed by atoms with Gasteiger partial charge < -0.3 is 0 Å². The lowest BCUT2D eigenvalue weighted by Crippen LogP contribution is -2.07. The minimum Gasteiger partial charge on any atom is -0.0602 e. The lowest BCUT2D eigenvalue weighted by atomic mass is 9.86. The highest BCUT2D eigenvalue weighted by Gasteiger charge is 2.11. The van der Waals surface area contributed by atoms with Crippen molar-refractivity contribution in [3.63, 3.8) is 0 Å². The fourth-order valence-corrected chi connectivity index (χ4v) is 1.06. The second-order valence-electron chi connectivity index (χ2n) is 3.94. The zero-order chi connectivity index (χ0) is 6.78. The van der Waals surface area contributed by atoms with E-state index in [2.05, 4.69) is 34.6 Å². The first kappa shape index (κ1) is 8.00. The fourth-order valence-electron chi connectivity index (χ4n) is 1.06. The summed E-state index contributed by atoms with van der Waals surface area (Å²) in [6.07, 6.45) is 1.24. The van der Waals surface area contributed by atoms with Crippen molar-refractivity contribution >= 4 is 0 Å². The highest BCUT2D eigenvalue weighted by atomic mass is 14.2. The van der Waals surface area contributed by atoms with E-state index in [0.29, 0.717) is 5.41 Å². The van der Waals surface area contributed by atoms with E-state index in [1.165, 1.54) is 12.3 Å². The van der Waals surface area contributed by atoms with Gasteiger partial charge in [-0.05, 0) is 17.8 Å². The molecule has 0 saturated carbocycles. The van der Waals surface area contributed by atoms with Crippen LogP contribution in [0.5, 0.6) is 0 Å². The van der Waals surface area contributed by atoms with Gasteiger partial charge in [0, 0.05) is 0 Å². The van der Waals surface area contributed by atoms with Crippen LogP contribution < -0.4 is 0 Å². The summed E-state index contributed by atoms with van der Waals surface area (Å²) in [5.41, 5.74) is 0.485. The second kappa shape index (κ2) is 2.52. The molecule has 0 aromatic heterocycles. The molecular formula is C8H17. The maximum atomic E-state index is 2.26. The molecule has 0 aromatic rings. The van der Waals surface area contributed by atoms with E-state index in [9.17, 15) is 0 Å². The highest BCUT2D eigenvalue weighted by Crippen LogP contribution is 2.24. The van der Waals surface area contributed by atoms with E-state index in [4.69, 9.17) is 0 Å².